The minimum atomic E-state index is -0.331. The van der Waals surface area contributed by atoms with Crippen LogP contribution in [0.5, 0.6) is 0 Å². The molecule has 0 aromatic heterocycles. The van der Waals surface area contributed by atoms with Crippen LogP contribution < -0.4 is 5.73 Å². The summed E-state index contributed by atoms with van der Waals surface area (Å²) in [7, 11) is 0. The molecule has 1 amide bonds. The highest BCUT2D eigenvalue weighted by molar-refractivity contribution is 9.10. The Labute approximate surface area is 141 Å². The molecule has 1 rings (SSSR count). The summed E-state index contributed by atoms with van der Waals surface area (Å²) in [4.78, 5) is 11.0. The number of primary amides is 1. The minimum absolute atomic E-state index is 0.205. The molecule has 3 N–H and O–H groups in total. The van der Waals surface area contributed by atoms with Gasteiger partial charge in [0.25, 0.3) is 0 Å². The number of aryl methyl sites for hydroxylation is 1. The first-order valence-electron chi connectivity index (χ1n) is 7.80. The molecule has 0 bridgehead atoms. The number of hydrogen-bond donors (Lipinski definition) is 2. The van der Waals surface area contributed by atoms with Gasteiger partial charge in [-0.05, 0) is 43.6 Å². The molecule has 0 saturated carbocycles. The summed E-state index contributed by atoms with van der Waals surface area (Å²) in [5.41, 5.74) is 7.80. The number of aliphatic hydroxyl groups is 1. The average Bonchev–Trinajstić information content (AvgIpc) is 2.52. The van der Waals surface area contributed by atoms with Gasteiger partial charge >= 0.3 is 0 Å². The van der Waals surface area contributed by atoms with Crippen molar-refractivity contribution in [2.45, 2.75) is 43.4 Å². The summed E-state index contributed by atoms with van der Waals surface area (Å²) in [5, 5.41) is 8.93. The van der Waals surface area contributed by atoms with E-state index in [4.69, 9.17) is 10.8 Å². The van der Waals surface area contributed by atoms with Gasteiger partial charge in [-0.25, -0.2) is 0 Å². The van der Waals surface area contributed by atoms with Gasteiger partial charge in [-0.1, -0.05) is 64.8 Å². The van der Waals surface area contributed by atoms with E-state index in [1.165, 1.54) is 5.56 Å². The van der Waals surface area contributed by atoms with Gasteiger partial charge in [0.05, 0.1) is 4.83 Å². The lowest BCUT2D eigenvalue weighted by atomic mass is 9.87. The van der Waals surface area contributed by atoms with E-state index in [1.807, 2.05) is 18.2 Å². The molecule has 1 aromatic carbocycles. The van der Waals surface area contributed by atoms with Crippen molar-refractivity contribution in [1.29, 1.82) is 0 Å². The van der Waals surface area contributed by atoms with Crippen molar-refractivity contribution in [2.24, 2.45) is 11.7 Å². The predicted molar refractivity (Wildman–Crippen MR) is 94.9 cm³/mol. The number of rotatable bonds is 11. The second-order valence-electron chi connectivity index (χ2n) is 5.67. The second-order valence-corrected chi connectivity index (χ2v) is 6.77. The van der Waals surface area contributed by atoms with Crippen LogP contribution in [-0.2, 0) is 11.2 Å². The number of amides is 1. The topological polar surface area (TPSA) is 63.3 Å². The molecule has 0 aliphatic carbocycles. The van der Waals surface area contributed by atoms with E-state index >= 15 is 0 Å². The Bertz CT molecular complexity index is 461. The normalized spacial score (nSPS) is 13.5. The fraction of sp³-hybridized carbons (Fsp3) is 0.500. The van der Waals surface area contributed by atoms with Crippen LogP contribution in [0.1, 0.15) is 37.7 Å². The number of hydrogen-bond acceptors (Lipinski definition) is 2. The van der Waals surface area contributed by atoms with E-state index < -0.39 is 0 Å². The zero-order valence-corrected chi connectivity index (χ0v) is 14.6. The third-order valence-corrected chi connectivity index (χ3v) is 4.74. The van der Waals surface area contributed by atoms with Gasteiger partial charge in [0.15, 0.2) is 0 Å². The van der Waals surface area contributed by atoms with Crippen LogP contribution in [0.4, 0.5) is 0 Å². The van der Waals surface area contributed by atoms with Gasteiger partial charge in [-0.15, -0.1) is 0 Å². The van der Waals surface area contributed by atoms with E-state index in [2.05, 4.69) is 34.6 Å². The Morgan fingerprint density at radius 3 is 2.55 bits per heavy atom. The summed E-state index contributed by atoms with van der Waals surface area (Å²) in [5.74, 6) is -0.0739. The minimum Gasteiger partial charge on any atom is -0.396 e. The molecule has 0 heterocycles. The van der Waals surface area contributed by atoms with E-state index in [9.17, 15) is 4.79 Å². The van der Waals surface area contributed by atoms with Crippen LogP contribution in [0.25, 0.3) is 0 Å². The number of alkyl halides is 1. The van der Waals surface area contributed by atoms with Crippen LogP contribution >= 0.6 is 15.9 Å². The maximum absolute atomic E-state index is 11.3. The van der Waals surface area contributed by atoms with Gasteiger partial charge < -0.3 is 10.8 Å². The first kappa shape index (κ1) is 18.9. The molecule has 2 unspecified atom stereocenters. The summed E-state index contributed by atoms with van der Waals surface area (Å²) >= 11 is 3.35. The van der Waals surface area contributed by atoms with Crippen LogP contribution in [0.15, 0.2) is 42.5 Å². The fourth-order valence-corrected chi connectivity index (χ4v) is 2.96. The SMILES string of the molecule is C=C(CCc1ccccc1)C(CCCCO)CC(Br)C(N)=O. The van der Waals surface area contributed by atoms with Crippen LogP contribution in [-0.4, -0.2) is 22.4 Å². The van der Waals surface area contributed by atoms with Crippen molar-refractivity contribution in [3.63, 3.8) is 0 Å². The third-order valence-electron chi connectivity index (χ3n) is 3.92. The highest BCUT2D eigenvalue weighted by Crippen LogP contribution is 2.28. The van der Waals surface area contributed by atoms with Crippen LogP contribution in [0, 0.1) is 5.92 Å². The zero-order valence-electron chi connectivity index (χ0n) is 13.0. The summed E-state index contributed by atoms with van der Waals surface area (Å²) < 4.78 is 0. The number of allylic oxidation sites excluding steroid dienone is 1. The molecule has 0 aliphatic heterocycles. The summed E-state index contributed by atoms with van der Waals surface area (Å²) in [6.07, 6.45) is 5.19. The van der Waals surface area contributed by atoms with Gasteiger partial charge in [-0.3, -0.25) is 4.79 Å². The van der Waals surface area contributed by atoms with Gasteiger partial charge in [-0.2, -0.15) is 0 Å². The van der Waals surface area contributed by atoms with Crippen LogP contribution in [0.2, 0.25) is 0 Å². The zero-order chi connectivity index (χ0) is 16.4. The summed E-state index contributed by atoms with van der Waals surface area (Å²) in [6, 6.07) is 10.3. The maximum Gasteiger partial charge on any atom is 0.231 e. The molecule has 22 heavy (non-hydrogen) atoms. The maximum atomic E-state index is 11.3. The largest absolute Gasteiger partial charge is 0.396 e. The molecule has 1 aromatic rings. The van der Waals surface area contributed by atoms with E-state index in [-0.39, 0.29) is 23.3 Å². The summed E-state index contributed by atoms with van der Waals surface area (Å²) in [6.45, 7) is 4.43. The van der Waals surface area contributed by atoms with Crippen molar-refractivity contribution >= 4 is 21.8 Å². The molecule has 0 aliphatic rings. The molecular formula is C18H26BrNO2. The lowest BCUT2D eigenvalue weighted by Gasteiger charge is -2.21. The molecule has 2 atom stereocenters. The first-order chi connectivity index (χ1) is 10.5. The highest BCUT2D eigenvalue weighted by Gasteiger charge is 2.20. The number of unbranched alkanes of at least 4 members (excludes halogenated alkanes) is 1. The molecule has 0 spiro atoms. The van der Waals surface area contributed by atoms with Gasteiger partial charge in [0.1, 0.15) is 0 Å². The molecule has 0 radical (unpaired) electrons. The Hall–Kier alpha value is -1.13. The quantitative estimate of drug-likeness (QED) is 0.356. The number of carbonyl (C=O) groups is 1. The number of carbonyl (C=O) groups excluding carboxylic acids is 1. The highest BCUT2D eigenvalue weighted by atomic mass is 79.9. The van der Waals surface area contributed by atoms with Crippen molar-refractivity contribution in [3.05, 3.63) is 48.0 Å². The average molecular weight is 368 g/mol. The molecule has 122 valence electrons. The lowest BCUT2D eigenvalue weighted by Crippen LogP contribution is -2.26. The van der Waals surface area contributed by atoms with Gasteiger partial charge in [0, 0.05) is 6.61 Å². The first-order valence-corrected chi connectivity index (χ1v) is 8.72. The number of nitrogens with two attached hydrogens (primary N) is 1. The van der Waals surface area contributed by atoms with Crippen molar-refractivity contribution < 1.29 is 9.90 Å². The number of aliphatic hydroxyl groups excluding tert-OH is 1. The number of halogens is 1. The Morgan fingerprint density at radius 2 is 1.95 bits per heavy atom. The lowest BCUT2D eigenvalue weighted by molar-refractivity contribution is -0.117. The predicted octanol–water partition coefficient (Wildman–Crippen LogP) is 3.59. The van der Waals surface area contributed by atoms with Crippen LogP contribution in [0.3, 0.4) is 0 Å². The van der Waals surface area contributed by atoms with Crippen molar-refractivity contribution in [2.75, 3.05) is 6.61 Å². The smallest absolute Gasteiger partial charge is 0.231 e. The fourth-order valence-electron chi connectivity index (χ4n) is 2.51. The molecular weight excluding hydrogens is 342 g/mol. The standard InChI is InChI=1S/C18H26BrNO2/c1-14(10-11-15-7-3-2-4-8-15)16(9-5-6-12-21)13-17(19)18(20)22/h2-4,7-8,16-17,21H,1,5-6,9-13H2,(H2,20,22). The Kier molecular flexibility index (Phi) is 9.09. The van der Waals surface area contributed by atoms with E-state index in [1.54, 1.807) is 0 Å². The Balaban J connectivity index is 2.55. The third kappa shape index (κ3) is 7.23. The molecule has 0 saturated heterocycles. The van der Waals surface area contributed by atoms with Crippen molar-refractivity contribution in [1.82, 2.24) is 0 Å². The molecule has 4 heteroatoms. The molecule has 3 nitrogen and oxygen atoms in total. The van der Waals surface area contributed by atoms with Crippen molar-refractivity contribution in [3.8, 4) is 0 Å². The molecule has 0 fully saturated rings. The van der Waals surface area contributed by atoms with Gasteiger partial charge in [0.2, 0.25) is 5.91 Å². The number of benzene rings is 1. The Morgan fingerprint density at radius 1 is 1.27 bits per heavy atom. The monoisotopic (exact) mass is 367 g/mol. The van der Waals surface area contributed by atoms with E-state index in [0.29, 0.717) is 6.42 Å². The van der Waals surface area contributed by atoms with E-state index in [0.717, 1.165) is 37.7 Å². The second kappa shape index (κ2) is 10.6.